The van der Waals surface area contributed by atoms with Crippen LogP contribution in [-0.4, -0.2) is 27.6 Å². The van der Waals surface area contributed by atoms with E-state index >= 15 is 0 Å². The van der Waals surface area contributed by atoms with Crippen molar-refractivity contribution in [1.82, 2.24) is 15.1 Å². The highest BCUT2D eigenvalue weighted by atomic mass is 16.2. The number of nitrogens with zero attached hydrogens (tertiary/aromatic N) is 2. The Bertz CT molecular complexity index is 1080. The monoisotopic (exact) mass is 402 g/mol. The van der Waals surface area contributed by atoms with Crippen molar-refractivity contribution in [2.45, 2.75) is 45.6 Å². The summed E-state index contributed by atoms with van der Waals surface area (Å²) in [5.74, 6) is -0.245. The summed E-state index contributed by atoms with van der Waals surface area (Å²) in [4.78, 5) is 25.3. The third-order valence-corrected chi connectivity index (χ3v) is 5.17. The smallest absolute Gasteiger partial charge is 0.259 e. The molecule has 0 atom stereocenters. The van der Waals surface area contributed by atoms with Gasteiger partial charge < -0.3 is 10.6 Å². The molecule has 154 valence electrons. The van der Waals surface area contributed by atoms with Crippen LogP contribution in [-0.2, 0) is 0 Å². The largest absolute Gasteiger partial charge is 0.349 e. The molecular weight excluding hydrogens is 376 g/mol. The molecule has 1 heterocycles. The van der Waals surface area contributed by atoms with E-state index < -0.39 is 0 Å². The number of benzene rings is 2. The molecule has 0 saturated heterocycles. The van der Waals surface area contributed by atoms with E-state index in [9.17, 15) is 9.59 Å². The molecule has 0 spiro atoms. The van der Waals surface area contributed by atoms with Gasteiger partial charge in [-0.15, -0.1) is 0 Å². The van der Waals surface area contributed by atoms with E-state index in [2.05, 4.69) is 15.7 Å². The molecule has 1 aliphatic carbocycles. The van der Waals surface area contributed by atoms with Crippen LogP contribution in [0.3, 0.4) is 0 Å². The van der Waals surface area contributed by atoms with Crippen molar-refractivity contribution in [2.75, 3.05) is 5.32 Å². The minimum Gasteiger partial charge on any atom is -0.349 e. The lowest BCUT2D eigenvalue weighted by Gasteiger charge is -2.13. The van der Waals surface area contributed by atoms with Gasteiger partial charge in [-0.1, -0.05) is 37.6 Å². The normalized spacial score (nSPS) is 13.3. The zero-order valence-corrected chi connectivity index (χ0v) is 17.5. The number of amides is 2. The molecule has 6 nitrogen and oxygen atoms in total. The lowest BCUT2D eigenvalue weighted by atomic mass is 10.0. The van der Waals surface area contributed by atoms with Crippen LogP contribution in [0.4, 0.5) is 5.69 Å². The van der Waals surface area contributed by atoms with Crippen LogP contribution >= 0.6 is 0 Å². The molecule has 0 aliphatic heterocycles. The second-order valence-corrected chi connectivity index (χ2v) is 8.13. The van der Waals surface area contributed by atoms with E-state index in [0.29, 0.717) is 16.8 Å². The van der Waals surface area contributed by atoms with Gasteiger partial charge in [-0.05, 0) is 56.0 Å². The second kappa shape index (κ2) is 8.14. The molecule has 1 aliphatic rings. The van der Waals surface area contributed by atoms with Crippen LogP contribution in [0, 0.1) is 6.92 Å². The van der Waals surface area contributed by atoms with Crippen molar-refractivity contribution in [1.29, 1.82) is 0 Å². The molecule has 4 rings (SSSR count). The van der Waals surface area contributed by atoms with Gasteiger partial charge in [0.15, 0.2) is 0 Å². The third-order valence-electron chi connectivity index (χ3n) is 5.17. The van der Waals surface area contributed by atoms with Crippen molar-refractivity contribution < 1.29 is 9.59 Å². The molecule has 6 heteroatoms. The molecule has 1 saturated carbocycles. The van der Waals surface area contributed by atoms with Crippen molar-refractivity contribution in [3.8, 4) is 5.69 Å². The lowest BCUT2D eigenvalue weighted by Crippen LogP contribution is -2.25. The second-order valence-electron chi connectivity index (χ2n) is 8.13. The molecule has 1 aromatic heterocycles. The fraction of sp³-hybridized carbons (Fsp3) is 0.292. The Balaban J connectivity index is 1.58. The first-order chi connectivity index (χ1) is 14.4. The number of nitrogens with one attached hydrogen (secondary N) is 2. The highest BCUT2D eigenvalue weighted by Crippen LogP contribution is 2.25. The molecule has 0 unspecified atom stereocenters. The molecule has 2 amide bonds. The van der Waals surface area contributed by atoms with Gasteiger partial charge in [0.2, 0.25) is 0 Å². The topological polar surface area (TPSA) is 76.0 Å². The fourth-order valence-corrected chi connectivity index (χ4v) is 3.41. The average molecular weight is 402 g/mol. The Morgan fingerprint density at radius 2 is 1.80 bits per heavy atom. The van der Waals surface area contributed by atoms with E-state index in [4.69, 9.17) is 0 Å². The van der Waals surface area contributed by atoms with Crippen LogP contribution in [0.15, 0.2) is 54.7 Å². The number of hydrogen-bond acceptors (Lipinski definition) is 3. The van der Waals surface area contributed by atoms with E-state index in [1.165, 1.54) is 5.56 Å². The summed E-state index contributed by atoms with van der Waals surface area (Å²) in [6.45, 7) is 6.12. The summed E-state index contributed by atoms with van der Waals surface area (Å²) >= 11 is 0. The molecule has 30 heavy (non-hydrogen) atoms. The minimum absolute atomic E-state index is 0.102. The van der Waals surface area contributed by atoms with Crippen molar-refractivity contribution in [2.24, 2.45) is 0 Å². The number of carbonyl (C=O) groups is 2. The highest BCUT2D eigenvalue weighted by molar-refractivity contribution is 6.06. The summed E-state index contributed by atoms with van der Waals surface area (Å²) in [5.41, 5.74) is 4.58. The molecule has 2 aromatic carbocycles. The van der Waals surface area contributed by atoms with Crippen LogP contribution in [0.5, 0.6) is 0 Å². The van der Waals surface area contributed by atoms with Gasteiger partial charge in [-0.2, -0.15) is 5.10 Å². The number of carbonyl (C=O) groups excluding carboxylic acids is 2. The standard InChI is InChI=1S/C24H26N4O2/c1-15(2)22-21(14-25-28(22)20-11-7-16(3)8-12-20)24(30)27-19-6-4-5-17(13-19)23(29)26-18-9-10-18/h4-8,11-15,18H,9-10H2,1-3H3,(H,26,29)(H,27,30). The first-order valence-electron chi connectivity index (χ1n) is 10.3. The molecule has 3 aromatic rings. The maximum atomic E-state index is 13.0. The van der Waals surface area contributed by atoms with Crippen LogP contribution in [0.25, 0.3) is 5.69 Å². The van der Waals surface area contributed by atoms with Gasteiger partial charge in [0.05, 0.1) is 23.1 Å². The Morgan fingerprint density at radius 1 is 1.07 bits per heavy atom. The third kappa shape index (κ3) is 4.27. The van der Waals surface area contributed by atoms with Gasteiger partial charge >= 0.3 is 0 Å². The van der Waals surface area contributed by atoms with E-state index in [1.54, 1.807) is 30.5 Å². The maximum Gasteiger partial charge on any atom is 0.259 e. The zero-order valence-electron chi connectivity index (χ0n) is 17.5. The molecule has 2 N–H and O–H groups in total. The first-order valence-corrected chi connectivity index (χ1v) is 10.3. The number of rotatable bonds is 6. The number of anilines is 1. The first kappa shape index (κ1) is 19.9. The molecular formula is C24H26N4O2. The van der Waals surface area contributed by atoms with E-state index in [0.717, 1.165) is 24.2 Å². The molecule has 0 radical (unpaired) electrons. The predicted octanol–water partition coefficient (Wildman–Crippen LogP) is 4.45. The lowest BCUT2D eigenvalue weighted by molar-refractivity contribution is 0.0949. The van der Waals surface area contributed by atoms with Gasteiger partial charge in [0.25, 0.3) is 11.8 Å². The average Bonchev–Trinajstić information content (AvgIpc) is 3.42. The van der Waals surface area contributed by atoms with Crippen LogP contribution in [0.2, 0.25) is 0 Å². The number of hydrogen-bond donors (Lipinski definition) is 2. The summed E-state index contributed by atoms with van der Waals surface area (Å²) in [6, 6.07) is 15.4. The van der Waals surface area contributed by atoms with Gasteiger partial charge in [0, 0.05) is 17.3 Å². The quantitative estimate of drug-likeness (QED) is 0.640. The summed E-state index contributed by atoms with van der Waals surface area (Å²) in [6.07, 6.45) is 3.67. The Labute approximate surface area is 176 Å². The Kier molecular flexibility index (Phi) is 5.40. The van der Waals surface area contributed by atoms with Gasteiger partial charge in [-0.3, -0.25) is 9.59 Å². The Morgan fingerprint density at radius 3 is 2.47 bits per heavy atom. The minimum atomic E-state index is -0.239. The van der Waals surface area contributed by atoms with Crippen LogP contribution < -0.4 is 10.6 Å². The van der Waals surface area contributed by atoms with Crippen LogP contribution in [0.1, 0.15) is 64.6 Å². The fourth-order valence-electron chi connectivity index (χ4n) is 3.41. The SMILES string of the molecule is Cc1ccc(-n2ncc(C(=O)Nc3cccc(C(=O)NC4CC4)c3)c2C(C)C)cc1. The number of aromatic nitrogens is 2. The number of aryl methyl sites for hydroxylation is 1. The van der Waals surface area contributed by atoms with Crippen molar-refractivity contribution in [3.63, 3.8) is 0 Å². The summed E-state index contributed by atoms with van der Waals surface area (Å²) in [5, 5.41) is 10.4. The summed E-state index contributed by atoms with van der Waals surface area (Å²) in [7, 11) is 0. The van der Waals surface area contributed by atoms with E-state index in [-0.39, 0.29) is 23.8 Å². The Hall–Kier alpha value is -3.41. The summed E-state index contributed by atoms with van der Waals surface area (Å²) < 4.78 is 1.82. The molecule has 0 bridgehead atoms. The van der Waals surface area contributed by atoms with Crippen molar-refractivity contribution in [3.05, 3.63) is 77.1 Å². The molecule has 1 fully saturated rings. The highest BCUT2D eigenvalue weighted by Gasteiger charge is 2.24. The predicted molar refractivity (Wildman–Crippen MR) is 117 cm³/mol. The zero-order chi connectivity index (χ0) is 21.3. The van der Waals surface area contributed by atoms with Gasteiger partial charge in [-0.25, -0.2) is 4.68 Å². The van der Waals surface area contributed by atoms with E-state index in [1.807, 2.05) is 49.7 Å². The van der Waals surface area contributed by atoms with Gasteiger partial charge in [0.1, 0.15) is 0 Å². The van der Waals surface area contributed by atoms with Crippen molar-refractivity contribution >= 4 is 17.5 Å². The maximum absolute atomic E-state index is 13.0.